The van der Waals surface area contributed by atoms with E-state index in [1.165, 1.54) is 0 Å². The summed E-state index contributed by atoms with van der Waals surface area (Å²) in [4.78, 5) is 48.8. The third-order valence-corrected chi connectivity index (χ3v) is 13.6. The summed E-state index contributed by atoms with van der Waals surface area (Å²) >= 11 is 0. The zero-order valence-corrected chi connectivity index (χ0v) is 31.4. The molecule has 0 spiro atoms. The molecule has 49 heavy (non-hydrogen) atoms. The van der Waals surface area contributed by atoms with Crippen molar-refractivity contribution in [3.63, 3.8) is 0 Å². The first-order valence-electron chi connectivity index (χ1n) is 18.0. The van der Waals surface area contributed by atoms with E-state index < -0.39 is 79.9 Å². The molecule has 1 heterocycles. The normalized spacial score (nSPS) is 36.4. The topological polar surface area (TPSA) is 158 Å². The molecule has 7 atom stereocenters. The number of esters is 3. The molecule has 13 heteroatoms. The molecule has 1 aliphatic heterocycles. The average molecular weight is 713 g/mol. The number of fused-ring (bicyclic) bond motifs is 1. The summed E-state index contributed by atoms with van der Waals surface area (Å²) in [6.45, 7) is 16.3. The van der Waals surface area contributed by atoms with Gasteiger partial charge in [-0.3, -0.25) is 13.8 Å². The van der Waals surface area contributed by atoms with Gasteiger partial charge in [-0.25, -0.2) is 9.59 Å². The van der Waals surface area contributed by atoms with E-state index in [0.29, 0.717) is 37.5 Å². The van der Waals surface area contributed by atoms with E-state index in [4.69, 9.17) is 27.9 Å². The summed E-state index contributed by atoms with van der Waals surface area (Å²) in [6.07, 6.45) is 6.06. The minimum absolute atomic E-state index is 0.0130. The smallest absolute Gasteiger partial charge is 0.458 e. The maximum Gasteiger partial charge on any atom is 0.509 e. The van der Waals surface area contributed by atoms with Gasteiger partial charge in [0, 0.05) is 18.3 Å². The third kappa shape index (κ3) is 7.92. The summed E-state index contributed by atoms with van der Waals surface area (Å²) in [6, 6.07) is 0. The lowest BCUT2D eigenvalue weighted by Crippen LogP contribution is -2.62. The average Bonchev–Trinajstić information content (AvgIpc) is 3.58. The summed E-state index contributed by atoms with van der Waals surface area (Å²) in [5.41, 5.74) is -2.72. The van der Waals surface area contributed by atoms with Crippen LogP contribution in [0.5, 0.6) is 0 Å². The molecule has 6 saturated carbocycles. The first-order chi connectivity index (χ1) is 22.5. The van der Waals surface area contributed by atoms with Crippen LogP contribution in [-0.2, 0) is 52.4 Å². The molecule has 0 aromatic carbocycles. The Balaban J connectivity index is 0.000000192. The van der Waals surface area contributed by atoms with Crippen LogP contribution in [0, 0.1) is 34.5 Å². The van der Waals surface area contributed by atoms with Crippen LogP contribution in [0.2, 0.25) is 0 Å². The SMILES string of the molecule is CCC(C)(C)C(=O)OC12CC3CC(CC(OC(=O)OC(C)(C)C)(C3)C1)C2.CCC(C)(C)C(=O)OCC(=O)OC1C2CC3C1OS(=O)(=O)C3C2. The lowest BCUT2D eigenvalue weighted by molar-refractivity contribution is -0.229. The Bertz CT molecular complexity index is 1410. The second kappa shape index (κ2) is 13.0. The van der Waals surface area contributed by atoms with Gasteiger partial charge in [-0.05, 0) is 118 Å². The fourth-order valence-electron chi connectivity index (χ4n) is 8.96. The predicted molar refractivity (Wildman–Crippen MR) is 176 cm³/mol. The van der Waals surface area contributed by atoms with Gasteiger partial charge in [-0.15, -0.1) is 0 Å². The maximum atomic E-state index is 12.7. The molecule has 7 unspecified atom stereocenters. The van der Waals surface area contributed by atoms with Crippen LogP contribution in [0.15, 0.2) is 0 Å². The highest BCUT2D eigenvalue weighted by Gasteiger charge is 2.65. The fourth-order valence-corrected chi connectivity index (χ4v) is 10.8. The highest BCUT2D eigenvalue weighted by molar-refractivity contribution is 7.87. The van der Waals surface area contributed by atoms with Gasteiger partial charge in [0.2, 0.25) is 0 Å². The van der Waals surface area contributed by atoms with E-state index in [2.05, 4.69) is 0 Å². The van der Waals surface area contributed by atoms with Crippen molar-refractivity contribution in [1.29, 1.82) is 0 Å². The number of carbonyl (C=O) groups excluding carboxylic acids is 4. The van der Waals surface area contributed by atoms with Gasteiger partial charge in [-0.2, -0.15) is 8.42 Å². The van der Waals surface area contributed by atoms with Crippen LogP contribution < -0.4 is 0 Å². The number of carbonyl (C=O) groups is 4. The number of hydrogen-bond donors (Lipinski definition) is 0. The highest BCUT2D eigenvalue weighted by Crippen LogP contribution is 2.61. The lowest BCUT2D eigenvalue weighted by atomic mass is 9.52. The quantitative estimate of drug-likeness (QED) is 0.156. The van der Waals surface area contributed by atoms with Gasteiger partial charge < -0.3 is 23.7 Å². The first-order valence-corrected chi connectivity index (χ1v) is 19.4. The minimum Gasteiger partial charge on any atom is -0.458 e. The van der Waals surface area contributed by atoms with Crippen LogP contribution in [0.25, 0.3) is 0 Å². The molecule has 0 amide bonds. The third-order valence-electron chi connectivity index (χ3n) is 11.8. The van der Waals surface area contributed by atoms with E-state index in [0.717, 1.165) is 38.5 Å². The van der Waals surface area contributed by atoms with Crippen LogP contribution in [0.4, 0.5) is 4.79 Å². The van der Waals surface area contributed by atoms with Crippen molar-refractivity contribution in [3.05, 3.63) is 0 Å². The molecule has 1 saturated heterocycles. The van der Waals surface area contributed by atoms with Crippen LogP contribution in [-0.4, -0.2) is 73.3 Å². The van der Waals surface area contributed by atoms with Gasteiger partial charge >= 0.3 is 24.1 Å². The van der Waals surface area contributed by atoms with Crippen molar-refractivity contribution < 1.29 is 55.5 Å². The van der Waals surface area contributed by atoms with Gasteiger partial charge in [0.15, 0.2) is 6.61 Å². The molecule has 0 radical (unpaired) electrons. The van der Waals surface area contributed by atoms with Crippen LogP contribution >= 0.6 is 0 Å². The molecule has 0 aromatic heterocycles. The van der Waals surface area contributed by atoms with Crippen molar-refractivity contribution in [2.24, 2.45) is 34.5 Å². The second-order valence-corrected chi connectivity index (χ2v) is 19.6. The van der Waals surface area contributed by atoms with Crippen LogP contribution in [0.1, 0.15) is 127 Å². The summed E-state index contributed by atoms with van der Waals surface area (Å²) < 4.78 is 56.6. The van der Waals surface area contributed by atoms with E-state index >= 15 is 0 Å². The molecular formula is C36H56O12S. The molecule has 7 rings (SSSR count). The largest absolute Gasteiger partial charge is 0.509 e. The molecule has 7 aliphatic rings. The van der Waals surface area contributed by atoms with Gasteiger partial charge in [-0.1, -0.05) is 13.8 Å². The Morgan fingerprint density at radius 3 is 1.88 bits per heavy atom. The molecule has 0 N–H and O–H groups in total. The second-order valence-electron chi connectivity index (χ2n) is 17.8. The van der Waals surface area contributed by atoms with E-state index in [9.17, 15) is 27.6 Å². The highest BCUT2D eigenvalue weighted by atomic mass is 32.2. The number of ether oxygens (including phenoxy) is 5. The molecule has 6 bridgehead atoms. The predicted octanol–water partition coefficient (Wildman–Crippen LogP) is 6.02. The lowest BCUT2D eigenvalue weighted by Gasteiger charge is -2.60. The Hall–Kier alpha value is -2.41. The number of hydrogen-bond acceptors (Lipinski definition) is 12. The van der Waals surface area contributed by atoms with Crippen molar-refractivity contribution in [1.82, 2.24) is 0 Å². The van der Waals surface area contributed by atoms with Gasteiger partial charge in [0.25, 0.3) is 10.1 Å². The summed E-state index contributed by atoms with van der Waals surface area (Å²) in [7, 11) is -3.53. The zero-order chi connectivity index (χ0) is 36.4. The zero-order valence-electron chi connectivity index (χ0n) is 30.6. The minimum atomic E-state index is -3.53. The summed E-state index contributed by atoms with van der Waals surface area (Å²) in [5.74, 6) is -0.401. The monoisotopic (exact) mass is 712 g/mol. The van der Waals surface area contributed by atoms with Crippen molar-refractivity contribution in [3.8, 4) is 0 Å². The standard InChI is InChI=1S/C21H34O5.C15H22O7S/c1-7-19(5,6)16(22)24-20-9-14-8-15(10-20)12-21(11-14,13-20)26-17(23)25-18(2,3)4;1-4-15(2,3)14(17)20-7-11(16)21-12-8-5-9-10(6-8)23(18,19)22-13(9)12/h14-15H,7-13H2,1-6H3;8-10,12-13H,4-7H2,1-3H3. The first kappa shape index (κ1) is 37.8. The Labute approximate surface area is 291 Å². The van der Waals surface area contributed by atoms with E-state index in [1.54, 1.807) is 13.8 Å². The van der Waals surface area contributed by atoms with Crippen molar-refractivity contribution in [2.75, 3.05) is 6.61 Å². The molecule has 12 nitrogen and oxygen atoms in total. The van der Waals surface area contributed by atoms with E-state index in [-0.39, 0.29) is 17.8 Å². The van der Waals surface area contributed by atoms with Gasteiger partial charge in [0.05, 0.1) is 16.1 Å². The molecule has 0 aromatic rings. The Kier molecular flexibility index (Phi) is 10.0. The Morgan fingerprint density at radius 1 is 0.776 bits per heavy atom. The fraction of sp³-hybridized carbons (Fsp3) is 0.889. The maximum absolute atomic E-state index is 12.7. The molecule has 278 valence electrons. The molecular weight excluding hydrogens is 656 g/mol. The van der Waals surface area contributed by atoms with Crippen molar-refractivity contribution >= 4 is 34.2 Å². The summed E-state index contributed by atoms with van der Waals surface area (Å²) in [5, 5.41) is -0.448. The number of rotatable bonds is 9. The van der Waals surface area contributed by atoms with Crippen molar-refractivity contribution in [2.45, 2.75) is 161 Å². The van der Waals surface area contributed by atoms with E-state index in [1.807, 2.05) is 48.5 Å². The van der Waals surface area contributed by atoms with Crippen LogP contribution in [0.3, 0.4) is 0 Å². The molecule has 6 aliphatic carbocycles. The Morgan fingerprint density at radius 2 is 1.33 bits per heavy atom. The van der Waals surface area contributed by atoms with Gasteiger partial charge in [0.1, 0.15) is 29.0 Å². The molecule has 7 fully saturated rings.